The first kappa shape index (κ1) is 15.6. The Bertz CT molecular complexity index is 797. The summed E-state index contributed by atoms with van der Waals surface area (Å²) in [6.45, 7) is 0. The number of aromatic nitrogens is 1. The molecule has 0 bridgehead atoms. The van der Waals surface area contributed by atoms with Crippen molar-refractivity contribution in [2.24, 2.45) is 0 Å². The average Bonchev–Trinajstić information content (AvgIpc) is 2.57. The number of carboxylic acids is 1. The van der Waals surface area contributed by atoms with Crippen molar-refractivity contribution in [3.8, 4) is 0 Å². The van der Waals surface area contributed by atoms with Gasteiger partial charge in [0, 0.05) is 12.1 Å². The molecule has 1 atom stereocenters. The molecule has 1 aromatic heterocycles. The van der Waals surface area contributed by atoms with Gasteiger partial charge in [-0.15, -0.1) is 0 Å². The Morgan fingerprint density at radius 1 is 1.13 bits per heavy atom. The molecule has 0 unspecified atom stereocenters. The zero-order chi connectivity index (χ0) is 16.2. The van der Waals surface area contributed by atoms with Crippen LogP contribution in [0.3, 0.4) is 0 Å². The number of anilines is 1. The van der Waals surface area contributed by atoms with Gasteiger partial charge in [-0.25, -0.2) is 4.98 Å². The van der Waals surface area contributed by atoms with Crippen molar-refractivity contribution in [2.45, 2.75) is 12.5 Å². The number of H-pyrrole nitrogens is 1. The summed E-state index contributed by atoms with van der Waals surface area (Å²) in [4.78, 5) is 14.9. The van der Waals surface area contributed by atoms with E-state index in [9.17, 15) is 9.90 Å². The highest BCUT2D eigenvalue weighted by atomic mass is 32.2. The number of para-hydroxylation sites is 2. The maximum Gasteiger partial charge on any atom is 0.213 e. The average molecular weight is 326 g/mol. The van der Waals surface area contributed by atoms with Crippen LogP contribution in [0.2, 0.25) is 0 Å². The highest BCUT2D eigenvalue weighted by Gasteiger charge is 2.17. The van der Waals surface area contributed by atoms with E-state index < -0.39 is 12.0 Å². The zero-order valence-electron chi connectivity index (χ0n) is 12.8. The second kappa shape index (κ2) is 6.87. The maximum atomic E-state index is 11.5. The third-order valence-corrected chi connectivity index (χ3v) is 4.52. The zero-order valence-corrected chi connectivity index (χ0v) is 13.7. The predicted octanol–water partition coefficient (Wildman–Crippen LogP) is 2.09. The molecule has 0 fully saturated rings. The fraction of sp³-hybridized carbons (Fsp3) is 0.222. The molecule has 2 N–H and O–H groups in total. The van der Waals surface area contributed by atoms with Gasteiger partial charge in [-0.05, 0) is 30.6 Å². The van der Waals surface area contributed by atoms with Gasteiger partial charge < -0.3 is 15.2 Å². The lowest BCUT2D eigenvalue weighted by Crippen LogP contribution is -2.41. The predicted molar refractivity (Wildman–Crippen MR) is 93.4 cm³/mol. The summed E-state index contributed by atoms with van der Waals surface area (Å²) in [5.41, 5.74) is 2.77. The Morgan fingerprint density at radius 3 is 2.22 bits per heavy atom. The highest BCUT2D eigenvalue weighted by Crippen LogP contribution is 2.29. The van der Waals surface area contributed by atoms with Gasteiger partial charge in [0.05, 0.1) is 28.5 Å². The number of pyridine rings is 1. The molecule has 0 amide bonds. The van der Waals surface area contributed by atoms with Crippen LogP contribution >= 0.6 is 11.8 Å². The number of nitrogens with one attached hydrogen (secondary N) is 2. The van der Waals surface area contributed by atoms with Crippen LogP contribution in [0.25, 0.3) is 21.8 Å². The summed E-state index contributed by atoms with van der Waals surface area (Å²) >= 11 is 1.63. The largest absolute Gasteiger partial charge is 0.548 e. The van der Waals surface area contributed by atoms with Gasteiger partial charge >= 0.3 is 0 Å². The van der Waals surface area contributed by atoms with Crippen molar-refractivity contribution >= 4 is 45.2 Å². The molecule has 1 heterocycles. The number of fused-ring (bicyclic) bond motifs is 2. The van der Waals surface area contributed by atoms with Gasteiger partial charge in [0.25, 0.3) is 0 Å². The number of rotatable bonds is 6. The van der Waals surface area contributed by atoms with Crippen LogP contribution in [-0.4, -0.2) is 24.0 Å². The van der Waals surface area contributed by atoms with E-state index in [0.29, 0.717) is 6.42 Å². The molecule has 0 aliphatic carbocycles. The van der Waals surface area contributed by atoms with E-state index in [4.69, 9.17) is 0 Å². The second-order valence-corrected chi connectivity index (χ2v) is 6.37. The van der Waals surface area contributed by atoms with Gasteiger partial charge in [-0.1, -0.05) is 24.3 Å². The standard InChI is InChI=1S/C18H18N2O2S/c1-23-11-10-16(18(21)22)20-17-12-6-2-4-8-14(12)19-15-9-5-3-7-13(15)17/h2-9,16H,10-11H2,1H3,(H,19,20)(H,21,22)/t16-/m1/s1. The van der Waals surface area contributed by atoms with Crippen molar-refractivity contribution < 1.29 is 14.9 Å². The van der Waals surface area contributed by atoms with Gasteiger partial charge in [-0.3, -0.25) is 0 Å². The Morgan fingerprint density at radius 2 is 1.70 bits per heavy atom. The summed E-state index contributed by atoms with van der Waals surface area (Å²) in [5, 5.41) is 16.6. The molecule has 118 valence electrons. The fourth-order valence-electron chi connectivity index (χ4n) is 2.72. The fourth-order valence-corrected chi connectivity index (χ4v) is 3.20. The molecular weight excluding hydrogens is 308 g/mol. The van der Waals surface area contributed by atoms with Gasteiger partial charge in [0.2, 0.25) is 11.0 Å². The molecule has 0 aliphatic heterocycles. The highest BCUT2D eigenvalue weighted by molar-refractivity contribution is 7.98. The Balaban J connectivity index is 2.14. The van der Waals surface area contributed by atoms with Crippen molar-refractivity contribution in [2.75, 3.05) is 17.3 Å². The number of carbonyl (C=O) groups is 1. The van der Waals surface area contributed by atoms with Crippen molar-refractivity contribution in [1.82, 2.24) is 0 Å². The van der Waals surface area contributed by atoms with Crippen LogP contribution in [0.5, 0.6) is 0 Å². The molecule has 0 saturated heterocycles. The van der Waals surface area contributed by atoms with E-state index in [1.54, 1.807) is 11.8 Å². The Hall–Kier alpha value is -2.27. The number of carbonyl (C=O) groups excluding carboxylic acids is 1. The first-order valence-electron chi connectivity index (χ1n) is 7.50. The molecule has 3 rings (SSSR count). The number of benzene rings is 2. The summed E-state index contributed by atoms with van der Waals surface area (Å²) in [5.74, 6) is -0.305. The van der Waals surface area contributed by atoms with Crippen molar-refractivity contribution in [3.05, 3.63) is 48.5 Å². The maximum absolute atomic E-state index is 11.5. The topological polar surface area (TPSA) is 66.3 Å². The smallest absolute Gasteiger partial charge is 0.213 e. The van der Waals surface area contributed by atoms with E-state index in [2.05, 4.69) is 10.3 Å². The van der Waals surface area contributed by atoms with E-state index in [1.807, 2.05) is 54.8 Å². The lowest BCUT2D eigenvalue weighted by molar-refractivity contribution is -0.310. The monoisotopic (exact) mass is 326 g/mol. The second-order valence-electron chi connectivity index (χ2n) is 5.39. The first-order chi connectivity index (χ1) is 11.2. The number of carboxylic acid groups (broad SMARTS) is 1. The Labute approximate surface area is 138 Å². The number of aliphatic carboxylic acids is 1. The van der Waals surface area contributed by atoms with Crippen LogP contribution < -0.4 is 15.4 Å². The number of aromatic amines is 1. The molecule has 23 heavy (non-hydrogen) atoms. The third-order valence-electron chi connectivity index (χ3n) is 3.88. The summed E-state index contributed by atoms with van der Waals surface area (Å²) in [7, 11) is 0. The van der Waals surface area contributed by atoms with Gasteiger partial charge in [0.1, 0.15) is 0 Å². The number of thioether (sulfide) groups is 1. The number of hydrogen-bond donors (Lipinski definition) is 1. The van der Waals surface area contributed by atoms with Crippen LogP contribution in [0, 0.1) is 0 Å². The lowest BCUT2D eigenvalue weighted by Gasteiger charge is -2.21. The molecular formula is C18H18N2O2S. The van der Waals surface area contributed by atoms with Crippen LogP contribution in [0.1, 0.15) is 6.42 Å². The Kier molecular flexibility index (Phi) is 4.67. The molecule has 0 aliphatic rings. The number of hydrogen-bond acceptors (Lipinski definition) is 4. The quantitative estimate of drug-likeness (QED) is 0.705. The van der Waals surface area contributed by atoms with Crippen molar-refractivity contribution in [3.63, 3.8) is 0 Å². The minimum absolute atomic E-state index is 0.519. The molecule has 4 nitrogen and oxygen atoms in total. The summed E-state index contributed by atoms with van der Waals surface area (Å²) in [6, 6.07) is 15.1. The minimum Gasteiger partial charge on any atom is -0.548 e. The minimum atomic E-state index is -1.07. The van der Waals surface area contributed by atoms with E-state index in [-0.39, 0.29) is 0 Å². The van der Waals surface area contributed by atoms with E-state index in [1.165, 1.54) is 0 Å². The first-order valence-corrected chi connectivity index (χ1v) is 8.89. The molecule has 3 aromatic rings. The van der Waals surface area contributed by atoms with Gasteiger partial charge in [-0.2, -0.15) is 11.8 Å². The van der Waals surface area contributed by atoms with E-state index >= 15 is 0 Å². The lowest BCUT2D eigenvalue weighted by atomic mass is 10.1. The molecule has 2 aromatic carbocycles. The normalized spacial score (nSPS) is 12.4. The molecule has 5 heteroatoms. The van der Waals surface area contributed by atoms with Crippen LogP contribution in [0.4, 0.5) is 5.69 Å². The molecule has 0 saturated carbocycles. The van der Waals surface area contributed by atoms with Gasteiger partial charge in [0.15, 0.2) is 0 Å². The van der Waals surface area contributed by atoms with Crippen LogP contribution in [0.15, 0.2) is 48.5 Å². The van der Waals surface area contributed by atoms with E-state index in [0.717, 1.165) is 33.2 Å². The third kappa shape index (κ3) is 3.24. The molecule has 0 radical (unpaired) electrons. The SMILES string of the molecule is CSCC[C@@H](Nc1c2ccccc2[nH+]c2ccccc12)C(=O)[O-]. The van der Waals surface area contributed by atoms with Crippen LogP contribution in [-0.2, 0) is 4.79 Å². The summed E-state index contributed by atoms with van der Waals surface area (Å²) < 4.78 is 0. The summed E-state index contributed by atoms with van der Waals surface area (Å²) in [6.07, 6.45) is 2.49. The molecule has 0 spiro atoms. The van der Waals surface area contributed by atoms with Crippen molar-refractivity contribution in [1.29, 1.82) is 0 Å².